The molecule has 0 aromatic heterocycles. The van der Waals surface area contributed by atoms with Gasteiger partial charge in [-0.15, -0.1) is 0 Å². The molecule has 3 aliphatic rings. The first-order valence-electron chi connectivity index (χ1n) is 8.17. The van der Waals surface area contributed by atoms with Gasteiger partial charge in [0.25, 0.3) is 0 Å². The molecule has 1 aromatic rings. The monoisotopic (exact) mass is 397 g/mol. The molecule has 3 fully saturated rings. The van der Waals surface area contributed by atoms with Crippen LogP contribution in [0, 0.1) is 3.57 Å². The van der Waals surface area contributed by atoms with E-state index in [9.17, 15) is 0 Å². The quantitative estimate of drug-likeness (QED) is 0.711. The molecule has 2 unspecified atom stereocenters. The first-order chi connectivity index (χ1) is 10.2. The molecule has 3 nitrogen and oxygen atoms in total. The summed E-state index contributed by atoms with van der Waals surface area (Å²) in [5, 5.41) is 0. The maximum Gasteiger partial charge on any atom is 0.0366 e. The van der Waals surface area contributed by atoms with Gasteiger partial charge in [0.15, 0.2) is 0 Å². The van der Waals surface area contributed by atoms with Crippen LogP contribution in [0.3, 0.4) is 0 Å². The zero-order valence-corrected chi connectivity index (χ0v) is 14.9. The molecule has 1 aromatic carbocycles. The predicted molar refractivity (Wildman–Crippen MR) is 95.9 cm³/mol. The van der Waals surface area contributed by atoms with Crippen LogP contribution in [0.2, 0.25) is 0 Å². The zero-order chi connectivity index (χ0) is 14.4. The highest BCUT2D eigenvalue weighted by Gasteiger charge is 2.44. The summed E-state index contributed by atoms with van der Waals surface area (Å²) < 4.78 is 1.32. The molecule has 0 spiro atoms. The number of halogens is 1. The Labute approximate surface area is 141 Å². The lowest BCUT2D eigenvalue weighted by molar-refractivity contribution is 0.0930. The fraction of sp³-hybridized carbons (Fsp3) is 0.647. The molecular weight excluding hydrogens is 373 g/mol. The van der Waals surface area contributed by atoms with E-state index >= 15 is 0 Å². The van der Waals surface area contributed by atoms with Crippen molar-refractivity contribution >= 4 is 28.3 Å². The van der Waals surface area contributed by atoms with E-state index in [0.29, 0.717) is 0 Å². The molecule has 0 radical (unpaired) electrons. The van der Waals surface area contributed by atoms with E-state index in [1.165, 1.54) is 54.7 Å². The van der Waals surface area contributed by atoms with Gasteiger partial charge in [-0.1, -0.05) is 0 Å². The summed E-state index contributed by atoms with van der Waals surface area (Å²) in [6.07, 6.45) is 4.08. The smallest absolute Gasteiger partial charge is 0.0366 e. The third kappa shape index (κ3) is 2.70. The third-order valence-corrected chi connectivity index (χ3v) is 6.40. The van der Waals surface area contributed by atoms with Crippen molar-refractivity contribution in [2.45, 2.75) is 37.4 Å². The third-order valence-electron chi connectivity index (χ3n) is 5.68. The summed E-state index contributed by atoms with van der Waals surface area (Å²) in [4.78, 5) is 7.95. The minimum Gasteiger partial charge on any atom is -0.371 e. The minimum absolute atomic E-state index is 0.828. The molecule has 21 heavy (non-hydrogen) atoms. The van der Waals surface area contributed by atoms with Crippen LogP contribution in [0.15, 0.2) is 24.3 Å². The van der Waals surface area contributed by atoms with Crippen molar-refractivity contribution in [2.75, 3.05) is 38.1 Å². The summed E-state index contributed by atoms with van der Waals surface area (Å²) in [5.41, 5.74) is 1.40. The number of nitrogens with zero attached hydrogens (tertiary/aromatic N) is 3. The number of likely N-dealkylation sites (N-methyl/N-ethyl adjacent to an activating group) is 1. The average molecular weight is 397 g/mol. The molecule has 3 saturated heterocycles. The molecule has 3 aliphatic heterocycles. The van der Waals surface area contributed by atoms with Crippen LogP contribution >= 0.6 is 22.6 Å². The second kappa shape index (κ2) is 5.70. The number of fused-ring (bicyclic) bond motifs is 2. The largest absolute Gasteiger partial charge is 0.371 e. The number of hydrogen-bond acceptors (Lipinski definition) is 3. The summed E-state index contributed by atoms with van der Waals surface area (Å²) >= 11 is 2.38. The summed E-state index contributed by atoms with van der Waals surface area (Å²) in [5.74, 6) is 0. The van der Waals surface area contributed by atoms with Crippen molar-refractivity contribution in [2.24, 2.45) is 0 Å². The van der Waals surface area contributed by atoms with Crippen molar-refractivity contribution in [1.29, 1.82) is 0 Å². The number of piperidine rings is 1. The van der Waals surface area contributed by atoms with Gasteiger partial charge < -0.3 is 9.80 Å². The molecule has 4 rings (SSSR count). The van der Waals surface area contributed by atoms with Crippen molar-refractivity contribution in [3.8, 4) is 0 Å². The number of rotatable bonds is 2. The SMILES string of the molecule is CN1CC2CC1CN2C1CCN(c2ccc(I)cc2)CC1. The molecule has 2 atom stereocenters. The Hall–Kier alpha value is -0.330. The standard InChI is InChI=1S/C17H24IN3/c1-19-11-17-10-16(19)12-21(17)15-6-8-20(9-7-15)14-4-2-13(18)3-5-14/h2-5,15-17H,6-12H2,1H3. The van der Waals surface area contributed by atoms with Crippen molar-refractivity contribution in [3.05, 3.63) is 27.8 Å². The topological polar surface area (TPSA) is 9.72 Å². The first-order valence-corrected chi connectivity index (χ1v) is 9.25. The molecular formula is C17H24IN3. The minimum atomic E-state index is 0.828. The van der Waals surface area contributed by atoms with Gasteiger partial charge in [0, 0.05) is 53.6 Å². The number of anilines is 1. The molecule has 0 amide bonds. The molecule has 0 saturated carbocycles. The van der Waals surface area contributed by atoms with E-state index in [0.717, 1.165) is 18.1 Å². The van der Waals surface area contributed by atoms with E-state index in [-0.39, 0.29) is 0 Å². The summed E-state index contributed by atoms with van der Waals surface area (Å²) in [6.45, 7) is 5.04. The molecule has 2 bridgehead atoms. The number of piperazine rings is 1. The summed E-state index contributed by atoms with van der Waals surface area (Å²) in [6, 6.07) is 11.5. The molecule has 0 aliphatic carbocycles. The van der Waals surface area contributed by atoms with E-state index in [1.54, 1.807) is 0 Å². The van der Waals surface area contributed by atoms with Crippen LogP contribution in [-0.4, -0.2) is 61.2 Å². The van der Waals surface area contributed by atoms with Gasteiger partial charge in [0.05, 0.1) is 0 Å². The lowest BCUT2D eigenvalue weighted by Crippen LogP contribution is -2.52. The number of benzene rings is 1. The second-order valence-corrected chi connectivity index (χ2v) is 8.12. The average Bonchev–Trinajstić information content (AvgIpc) is 3.07. The Morgan fingerprint density at radius 2 is 1.67 bits per heavy atom. The Morgan fingerprint density at radius 3 is 2.24 bits per heavy atom. The van der Waals surface area contributed by atoms with Gasteiger partial charge >= 0.3 is 0 Å². The van der Waals surface area contributed by atoms with Gasteiger partial charge in [0.2, 0.25) is 0 Å². The number of likely N-dealkylation sites (tertiary alicyclic amines) is 2. The van der Waals surface area contributed by atoms with Gasteiger partial charge in [-0.2, -0.15) is 0 Å². The zero-order valence-electron chi connectivity index (χ0n) is 12.7. The van der Waals surface area contributed by atoms with Crippen LogP contribution in [0.5, 0.6) is 0 Å². The van der Waals surface area contributed by atoms with E-state index in [2.05, 4.69) is 68.6 Å². The Kier molecular flexibility index (Phi) is 3.88. The first kappa shape index (κ1) is 14.3. The van der Waals surface area contributed by atoms with Gasteiger partial charge in [0.1, 0.15) is 0 Å². The van der Waals surface area contributed by atoms with Crippen LogP contribution in [0.4, 0.5) is 5.69 Å². The van der Waals surface area contributed by atoms with Crippen LogP contribution in [0.1, 0.15) is 19.3 Å². The van der Waals surface area contributed by atoms with E-state index in [1.807, 2.05) is 0 Å². The fourth-order valence-electron chi connectivity index (χ4n) is 4.45. The Morgan fingerprint density at radius 1 is 0.952 bits per heavy atom. The van der Waals surface area contributed by atoms with Crippen LogP contribution in [0.25, 0.3) is 0 Å². The fourth-order valence-corrected chi connectivity index (χ4v) is 4.81. The lowest BCUT2D eigenvalue weighted by atomic mass is 10.0. The van der Waals surface area contributed by atoms with E-state index in [4.69, 9.17) is 0 Å². The highest BCUT2D eigenvalue weighted by molar-refractivity contribution is 14.1. The number of hydrogen-bond donors (Lipinski definition) is 0. The molecule has 4 heteroatoms. The van der Waals surface area contributed by atoms with Gasteiger partial charge in [-0.25, -0.2) is 0 Å². The highest BCUT2D eigenvalue weighted by Crippen LogP contribution is 2.34. The van der Waals surface area contributed by atoms with E-state index < -0.39 is 0 Å². The van der Waals surface area contributed by atoms with Gasteiger partial charge in [-0.3, -0.25) is 4.90 Å². The normalized spacial score (nSPS) is 31.2. The Balaban J connectivity index is 1.36. The second-order valence-electron chi connectivity index (χ2n) is 6.87. The summed E-state index contributed by atoms with van der Waals surface area (Å²) in [7, 11) is 2.29. The predicted octanol–water partition coefficient (Wildman–Crippen LogP) is 2.65. The highest BCUT2D eigenvalue weighted by atomic mass is 127. The van der Waals surface area contributed by atoms with Crippen molar-refractivity contribution in [3.63, 3.8) is 0 Å². The van der Waals surface area contributed by atoms with Crippen LogP contribution in [-0.2, 0) is 0 Å². The van der Waals surface area contributed by atoms with Crippen molar-refractivity contribution in [1.82, 2.24) is 9.80 Å². The maximum absolute atomic E-state index is 2.83. The van der Waals surface area contributed by atoms with Gasteiger partial charge in [-0.05, 0) is 73.2 Å². The molecule has 3 heterocycles. The molecule has 0 N–H and O–H groups in total. The maximum atomic E-state index is 2.83. The Bertz CT molecular complexity index is 493. The van der Waals surface area contributed by atoms with Crippen LogP contribution < -0.4 is 4.90 Å². The lowest BCUT2D eigenvalue weighted by Gasteiger charge is -2.42. The van der Waals surface area contributed by atoms with Crippen molar-refractivity contribution < 1.29 is 0 Å². The molecule has 114 valence electrons.